The Kier molecular flexibility index (Phi) is 2.53. The summed E-state index contributed by atoms with van der Waals surface area (Å²) in [6.07, 6.45) is 1.73. The minimum Gasteiger partial charge on any atom is -0.334 e. The second-order valence-corrected chi connectivity index (χ2v) is 4.12. The first-order valence-corrected chi connectivity index (χ1v) is 5.69. The Hall–Kier alpha value is -2.27. The lowest BCUT2D eigenvalue weighted by Crippen LogP contribution is -2.06. The van der Waals surface area contributed by atoms with Crippen molar-refractivity contribution in [2.45, 2.75) is 13.0 Å². The van der Waals surface area contributed by atoms with Crippen LogP contribution < -0.4 is 5.73 Å². The van der Waals surface area contributed by atoms with Gasteiger partial charge in [0.15, 0.2) is 5.82 Å². The molecule has 0 saturated carbocycles. The Morgan fingerprint density at radius 2 is 2.06 bits per heavy atom. The van der Waals surface area contributed by atoms with E-state index in [4.69, 9.17) is 10.3 Å². The van der Waals surface area contributed by atoms with Crippen LogP contribution in [0.4, 0.5) is 0 Å². The van der Waals surface area contributed by atoms with Gasteiger partial charge in [-0.2, -0.15) is 4.98 Å². The molecule has 2 N–H and O–H groups in total. The Morgan fingerprint density at radius 1 is 1.22 bits per heavy atom. The molecule has 0 aliphatic heterocycles. The number of fused-ring (bicyclic) bond motifs is 1. The first kappa shape index (κ1) is 10.9. The van der Waals surface area contributed by atoms with Crippen LogP contribution in [-0.4, -0.2) is 15.1 Å². The van der Waals surface area contributed by atoms with Crippen LogP contribution in [0.5, 0.6) is 0 Å². The minimum absolute atomic E-state index is 0.240. The Bertz CT molecular complexity index is 685. The summed E-state index contributed by atoms with van der Waals surface area (Å²) in [5.41, 5.74) is 7.49. The molecule has 0 bridgehead atoms. The second-order valence-electron chi connectivity index (χ2n) is 4.12. The number of nitrogens with two attached hydrogens (primary N) is 1. The maximum Gasteiger partial charge on any atom is 0.258 e. The SMILES string of the molecule is CC(N)c1noc(-c2ccnc3ccccc23)n1. The molecular weight excluding hydrogens is 228 g/mol. The smallest absolute Gasteiger partial charge is 0.258 e. The molecule has 2 heterocycles. The van der Waals surface area contributed by atoms with Crippen molar-refractivity contribution in [1.82, 2.24) is 15.1 Å². The van der Waals surface area contributed by atoms with E-state index < -0.39 is 0 Å². The van der Waals surface area contributed by atoms with Gasteiger partial charge in [-0.3, -0.25) is 4.98 Å². The third kappa shape index (κ3) is 1.74. The number of para-hydroxylation sites is 1. The Morgan fingerprint density at radius 3 is 2.83 bits per heavy atom. The molecule has 0 spiro atoms. The predicted molar refractivity (Wildman–Crippen MR) is 67.6 cm³/mol. The summed E-state index contributed by atoms with van der Waals surface area (Å²) in [6, 6.07) is 9.45. The van der Waals surface area contributed by atoms with Gasteiger partial charge in [-0.1, -0.05) is 23.4 Å². The van der Waals surface area contributed by atoms with E-state index in [-0.39, 0.29) is 6.04 Å². The van der Waals surface area contributed by atoms with E-state index in [0.29, 0.717) is 11.7 Å². The number of hydrogen-bond acceptors (Lipinski definition) is 5. The van der Waals surface area contributed by atoms with Crippen LogP contribution in [0.25, 0.3) is 22.4 Å². The van der Waals surface area contributed by atoms with Crippen molar-refractivity contribution < 1.29 is 4.52 Å². The molecule has 0 radical (unpaired) electrons. The summed E-state index contributed by atoms with van der Waals surface area (Å²) in [5, 5.41) is 4.85. The molecule has 3 aromatic rings. The predicted octanol–water partition coefficient (Wildman–Crippen LogP) is 2.30. The lowest BCUT2D eigenvalue weighted by molar-refractivity contribution is 0.418. The van der Waals surface area contributed by atoms with Gasteiger partial charge >= 0.3 is 0 Å². The van der Waals surface area contributed by atoms with Gasteiger partial charge in [-0.15, -0.1) is 0 Å². The zero-order valence-electron chi connectivity index (χ0n) is 9.87. The van der Waals surface area contributed by atoms with Crippen LogP contribution in [0.3, 0.4) is 0 Å². The van der Waals surface area contributed by atoms with Gasteiger partial charge in [0.1, 0.15) is 0 Å². The maximum absolute atomic E-state index is 5.72. The topological polar surface area (TPSA) is 77.8 Å². The van der Waals surface area contributed by atoms with Crippen molar-refractivity contribution in [2.75, 3.05) is 0 Å². The van der Waals surface area contributed by atoms with Gasteiger partial charge in [0, 0.05) is 11.6 Å². The summed E-state index contributed by atoms with van der Waals surface area (Å²) in [7, 11) is 0. The van der Waals surface area contributed by atoms with Gasteiger partial charge in [0.25, 0.3) is 5.89 Å². The first-order valence-electron chi connectivity index (χ1n) is 5.69. The average molecular weight is 240 g/mol. The molecular formula is C13H12N4O. The fraction of sp³-hybridized carbons (Fsp3) is 0.154. The lowest BCUT2D eigenvalue weighted by Gasteiger charge is -2.00. The van der Waals surface area contributed by atoms with Crippen molar-refractivity contribution in [3.63, 3.8) is 0 Å². The van der Waals surface area contributed by atoms with Crippen LogP contribution in [0, 0.1) is 0 Å². The number of hydrogen-bond donors (Lipinski definition) is 1. The summed E-state index contributed by atoms with van der Waals surface area (Å²) in [6.45, 7) is 1.82. The number of aromatic nitrogens is 3. The monoisotopic (exact) mass is 240 g/mol. The highest BCUT2D eigenvalue weighted by Gasteiger charge is 2.13. The summed E-state index contributed by atoms with van der Waals surface area (Å²) in [4.78, 5) is 8.59. The zero-order valence-corrected chi connectivity index (χ0v) is 9.87. The van der Waals surface area contributed by atoms with Crippen molar-refractivity contribution >= 4 is 10.9 Å². The van der Waals surface area contributed by atoms with E-state index in [1.807, 2.05) is 37.3 Å². The van der Waals surface area contributed by atoms with Crippen LogP contribution >= 0.6 is 0 Å². The standard InChI is InChI=1S/C13H12N4O/c1-8(14)12-16-13(18-17-12)10-6-7-15-11-5-3-2-4-9(10)11/h2-8H,14H2,1H3. The van der Waals surface area contributed by atoms with Crippen molar-refractivity contribution in [3.05, 3.63) is 42.4 Å². The van der Waals surface area contributed by atoms with Gasteiger partial charge < -0.3 is 10.3 Å². The van der Waals surface area contributed by atoms with E-state index in [2.05, 4.69) is 15.1 Å². The lowest BCUT2D eigenvalue weighted by atomic mass is 10.1. The Labute approximate surface area is 104 Å². The third-order valence-corrected chi connectivity index (χ3v) is 2.73. The molecule has 18 heavy (non-hydrogen) atoms. The van der Waals surface area contributed by atoms with Gasteiger partial charge in [0.05, 0.1) is 17.1 Å². The molecule has 1 unspecified atom stereocenters. The molecule has 5 nitrogen and oxygen atoms in total. The van der Waals surface area contributed by atoms with Crippen LogP contribution in [0.15, 0.2) is 41.1 Å². The van der Waals surface area contributed by atoms with Crippen LogP contribution in [0.2, 0.25) is 0 Å². The van der Waals surface area contributed by atoms with E-state index in [1.54, 1.807) is 6.20 Å². The van der Waals surface area contributed by atoms with E-state index in [9.17, 15) is 0 Å². The fourth-order valence-corrected chi connectivity index (χ4v) is 1.81. The van der Waals surface area contributed by atoms with Crippen LogP contribution in [0.1, 0.15) is 18.8 Å². The van der Waals surface area contributed by atoms with Crippen molar-refractivity contribution in [1.29, 1.82) is 0 Å². The highest BCUT2D eigenvalue weighted by atomic mass is 16.5. The quantitative estimate of drug-likeness (QED) is 0.743. The summed E-state index contributed by atoms with van der Waals surface area (Å²) < 4.78 is 5.25. The molecule has 0 amide bonds. The van der Waals surface area contributed by atoms with Crippen molar-refractivity contribution in [2.24, 2.45) is 5.73 Å². The van der Waals surface area contributed by atoms with Gasteiger partial charge in [-0.25, -0.2) is 0 Å². The van der Waals surface area contributed by atoms with Crippen molar-refractivity contribution in [3.8, 4) is 11.5 Å². The number of benzene rings is 1. The molecule has 0 fully saturated rings. The highest BCUT2D eigenvalue weighted by molar-refractivity contribution is 5.91. The van der Waals surface area contributed by atoms with E-state index in [1.165, 1.54) is 0 Å². The molecule has 2 aromatic heterocycles. The first-order chi connectivity index (χ1) is 8.75. The van der Waals surface area contributed by atoms with Crippen LogP contribution in [-0.2, 0) is 0 Å². The molecule has 0 aliphatic carbocycles. The normalized spacial score (nSPS) is 12.8. The van der Waals surface area contributed by atoms with E-state index >= 15 is 0 Å². The Balaban J connectivity index is 2.18. The average Bonchev–Trinajstić information content (AvgIpc) is 2.87. The highest BCUT2D eigenvalue weighted by Crippen LogP contribution is 2.26. The number of rotatable bonds is 2. The van der Waals surface area contributed by atoms with Gasteiger partial charge in [0.2, 0.25) is 0 Å². The molecule has 0 saturated heterocycles. The minimum atomic E-state index is -0.240. The molecule has 0 aliphatic rings. The molecule has 1 atom stereocenters. The molecule has 90 valence electrons. The largest absolute Gasteiger partial charge is 0.334 e. The fourth-order valence-electron chi connectivity index (χ4n) is 1.81. The molecule has 3 rings (SSSR count). The summed E-state index contributed by atoms with van der Waals surface area (Å²) >= 11 is 0. The third-order valence-electron chi connectivity index (χ3n) is 2.73. The molecule has 5 heteroatoms. The second kappa shape index (κ2) is 4.19. The van der Waals surface area contributed by atoms with E-state index in [0.717, 1.165) is 16.5 Å². The maximum atomic E-state index is 5.72. The number of pyridine rings is 1. The van der Waals surface area contributed by atoms with Gasteiger partial charge in [-0.05, 0) is 19.1 Å². The summed E-state index contributed by atoms with van der Waals surface area (Å²) in [5.74, 6) is 0.979. The zero-order chi connectivity index (χ0) is 12.5. The molecule has 1 aromatic carbocycles. The number of nitrogens with zero attached hydrogens (tertiary/aromatic N) is 3.